The second-order valence-electron chi connectivity index (χ2n) is 2.78. The number of hydrogen-bond donors (Lipinski definition) is 0. The molecular formula is C9H6Br2N2S. The zero-order valence-electron chi connectivity index (χ0n) is 7.29. The van der Waals surface area contributed by atoms with Gasteiger partial charge in [-0.15, -0.1) is 11.3 Å². The van der Waals surface area contributed by atoms with Gasteiger partial charge in [-0.2, -0.15) is 0 Å². The minimum Gasteiger partial charge on any atom is -0.233 e. The quantitative estimate of drug-likeness (QED) is 0.736. The topological polar surface area (TPSA) is 25.8 Å². The predicted octanol–water partition coefficient (Wildman–Crippen LogP) is 4.04. The highest BCUT2D eigenvalue weighted by Gasteiger charge is 2.05. The van der Waals surface area contributed by atoms with Gasteiger partial charge in [-0.3, -0.25) is 0 Å². The highest BCUT2D eigenvalue weighted by atomic mass is 79.9. The first-order valence-electron chi connectivity index (χ1n) is 3.91. The van der Waals surface area contributed by atoms with Gasteiger partial charge in [-0.1, -0.05) is 0 Å². The summed E-state index contributed by atoms with van der Waals surface area (Å²) in [5, 5.41) is 2.02. The smallest absolute Gasteiger partial charge is 0.170 e. The molecule has 0 aromatic carbocycles. The molecular weight excluding hydrogens is 328 g/mol. The van der Waals surface area contributed by atoms with E-state index in [1.165, 1.54) is 0 Å². The van der Waals surface area contributed by atoms with Crippen molar-refractivity contribution in [1.29, 1.82) is 0 Å². The lowest BCUT2D eigenvalue weighted by atomic mass is 10.4. The second-order valence-corrected chi connectivity index (χ2v) is 5.42. The van der Waals surface area contributed by atoms with Crippen molar-refractivity contribution in [2.24, 2.45) is 0 Å². The molecule has 0 aliphatic rings. The Labute approximate surface area is 103 Å². The Balaban J connectivity index is 2.51. The Hall–Kier alpha value is -0.260. The first-order valence-corrected chi connectivity index (χ1v) is 6.37. The van der Waals surface area contributed by atoms with Crippen LogP contribution in [-0.2, 0) is 0 Å². The van der Waals surface area contributed by atoms with Gasteiger partial charge in [0.05, 0.1) is 4.88 Å². The van der Waals surface area contributed by atoms with E-state index >= 15 is 0 Å². The summed E-state index contributed by atoms with van der Waals surface area (Å²) in [7, 11) is 0. The van der Waals surface area contributed by atoms with Crippen LogP contribution < -0.4 is 0 Å². The molecule has 0 N–H and O–H groups in total. The van der Waals surface area contributed by atoms with Gasteiger partial charge in [0.25, 0.3) is 0 Å². The summed E-state index contributed by atoms with van der Waals surface area (Å²) in [5.74, 6) is 0.771. The molecule has 2 aromatic heterocycles. The zero-order chi connectivity index (χ0) is 10.1. The number of halogens is 2. The molecule has 0 spiro atoms. The van der Waals surface area contributed by atoms with Gasteiger partial charge < -0.3 is 0 Å². The molecule has 0 bridgehead atoms. The Bertz CT molecular complexity index is 447. The lowest BCUT2D eigenvalue weighted by Gasteiger charge is -1.98. The van der Waals surface area contributed by atoms with Crippen LogP contribution in [0, 0.1) is 6.92 Å². The van der Waals surface area contributed by atoms with E-state index in [4.69, 9.17) is 0 Å². The number of thiophene rings is 1. The van der Waals surface area contributed by atoms with Gasteiger partial charge >= 0.3 is 0 Å². The Morgan fingerprint density at radius 1 is 1.21 bits per heavy atom. The Kier molecular flexibility index (Phi) is 2.99. The summed E-state index contributed by atoms with van der Waals surface area (Å²) in [5.41, 5.74) is 0.964. The molecule has 0 saturated heterocycles. The number of nitrogens with zero attached hydrogens (tertiary/aromatic N) is 2. The molecule has 0 amide bonds. The predicted molar refractivity (Wildman–Crippen MR) is 65.5 cm³/mol. The molecule has 2 rings (SSSR count). The summed E-state index contributed by atoms with van der Waals surface area (Å²) in [6, 6.07) is 3.91. The van der Waals surface area contributed by atoms with Crippen LogP contribution in [0.1, 0.15) is 5.69 Å². The average molecular weight is 334 g/mol. The Morgan fingerprint density at radius 2 is 2.00 bits per heavy atom. The molecule has 5 heteroatoms. The minimum absolute atomic E-state index is 0.771. The molecule has 0 unspecified atom stereocenters. The van der Waals surface area contributed by atoms with E-state index in [0.717, 1.165) is 25.5 Å². The molecule has 14 heavy (non-hydrogen) atoms. The molecule has 0 aliphatic carbocycles. The fourth-order valence-electron chi connectivity index (χ4n) is 1.07. The molecule has 0 aliphatic heterocycles. The van der Waals surface area contributed by atoms with Gasteiger partial charge in [0, 0.05) is 15.5 Å². The van der Waals surface area contributed by atoms with Crippen molar-refractivity contribution >= 4 is 43.2 Å². The molecule has 0 saturated carbocycles. The highest BCUT2D eigenvalue weighted by molar-refractivity contribution is 9.10. The lowest BCUT2D eigenvalue weighted by molar-refractivity contribution is 1.10. The van der Waals surface area contributed by atoms with Crippen molar-refractivity contribution in [2.45, 2.75) is 6.92 Å². The van der Waals surface area contributed by atoms with Crippen LogP contribution in [0.2, 0.25) is 0 Å². The van der Waals surface area contributed by atoms with Crippen LogP contribution in [0.15, 0.2) is 26.6 Å². The summed E-state index contributed by atoms with van der Waals surface area (Å²) in [4.78, 5) is 9.75. The van der Waals surface area contributed by atoms with Crippen LogP contribution >= 0.6 is 43.2 Å². The van der Waals surface area contributed by atoms with Crippen LogP contribution in [0.4, 0.5) is 0 Å². The minimum atomic E-state index is 0.771. The molecule has 0 atom stereocenters. The van der Waals surface area contributed by atoms with Gasteiger partial charge in [-0.05, 0) is 50.9 Å². The average Bonchev–Trinajstić information content (AvgIpc) is 2.50. The third-order valence-corrected chi connectivity index (χ3v) is 3.70. The maximum absolute atomic E-state index is 4.37. The molecule has 0 radical (unpaired) electrons. The number of aromatic nitrogens is 2. The van der Waals surface area contributed by atoms with Gasteiger partial charge in [-0.25, -0.2) is 9.97 Å². The third kappa shape index (κ3) is 2.21. The van der Waals surface area contributed by atoms with Gasteiger partial charge in [0.1, 0.15) is 4.60 Å². The fourth-order valence-corrected chi connectivity index (χ4v) is 2.93. The summed E-state index contributed by atoms with van der Waals surface area (Å²) < 4.78 is 1.89. The van der Waals surface area contributed by atoms with E-state index in [9.17, 15) is 0 Å². The van der Waals surface area contributed by atoms with E-state index < -0.39 is 0 Å². The summed E-state index contributed by atoms with van der Waals surface area (Å²) >= 11 is 8.40. The molecule has 72 valence electrons. The van der Waals surface area contributed by atoms with Crippen molar-refractivity contribution in [3.8, 4) is 10.7 Å². The molecule has 2 aromatic rings. The highest BCUT2D eigenvalue weighted by Crippen LogP contribution is 2.28. The van der Waals surface area contributed by atoms with Crippen LogP contribution in [0.3, 0.4) is 0 Å². The van der Waals surface area contributed by atoms with Crippen molar-refractivity contribution in [2.75, 3.05) is 0 Å². The maximum Gasteiger partial charge on any atom is 0.170 e. The number of rotatable bonds is 1. The largest absolute Gasteiger partial charge is 0.233 e. The maximum atomic E-state index is 4.37. The number of aryl methyl sites for hydroxylation is 1. The van der Waals surface area contributed by atoms with Crippen LogP contribution in [0.25, 0.3) is 10.7 Å². The Morgan fingerprint density at radius 3 is 2.57 bits per heavy atom. The molecule has 2 nitrogen and oxygen atoms in total. The van der Waals surface area contributed by atoms with Crippen LogP contribution in [0.5, 0.6) is 0 Å². The number of hydrogen-bond acceptors (Lipinski definition) is 3. The van der Waals surface area contributed by atoms with Crippen molar-refractivity contribution in [3.63, 3.8) is 0 Å². The van der Waals surface area contributed by atoms with E-state index in [1.807, 2.05) is 24.4 Å². The standard InChI is InChI=1S/C9H6Br2N2S/c1-5-2-8(11)13-9(12-5)7-3-6(10)4-14-7/h2-4H,1H3. The van der Waals surface area contributed by atoms with E-state index in [2.05, 4.69) is 41.8 Å². The van der Waals surface area contributed by atoms with Crippen molar-refractivity contribution in [3.05, 3.63) is 32.3 Å². The fraction of sp³-hybridized carbons (Fsp3) is 0.111. The second kappa shape index (κ2) is 4.08. The molecule has 0 fully saturated rings. The first-order chi connectivity index (χ1) is 6.65. The third-order valence-electron chi connectivity index (χ3n) is 1.61. The van der Waals surface area contributed by atoms with E-state index in [1.54, 1.807) is 11.3 Å². The molecule has 2 heterocycles. The normalized spacial score (nSPS) is 10.5. The van der Waals surface area contributed by atoms with Gasteiger partial charge in [0.2, 0.25) is 0 Å². The summed E-state index contributed by atoms with van der Waals surface area (Å²) in [6.07, 6.45) is 0. The lowest BCUT2D eigenvalue weighted by Crippen LogP contribution is -1.90. The monoisotopic (exact) mass is 332 g/mol. The van der Waals surface area contributed by atoms with Crippen LogP contribution in [-0.4, -0.2) is 9.97 Å². The van der Waals surface area contributed by atoms with Crippen molar-refractivity contribution in [1.82, 2.24) is 9.97 Å². The zero-order valence-corrected chi connectivity index (χ0v) is 11.3. The van der Waals surface area contributed by atoms with E-state index in [0.29, 0.717) is 0 Å². The summed E-state index contributed by atoms with van der Waals surface area (Å²) in [6.45, 7) is 1.96. The SMILES string of the molecule is Cc1cc(Br)nc(-c2cc(Br)cs2)n1. The van der Waals surface area contributed by atoms with Gasteiger partial charge in [0.15, 0.2) is 5.82 Å². The van der Waals surface area contributed by atoms with E-state index in [-0.39, 0.29) is 0 Å². The first kappa shape index (κ1) is 10.3. The van der Waals surface area contributed by atoms with Crippen molar-refractivity contribution < 1.29 is 0 Å².